The lowest BCUT2D eigenvalue weighted by Gasteiger charge is -2.45. The Hall–Kier alpha value is -7.71. The normalized spacial score (nSPS) is 30.2. The van der Waals surface area contributed by atoms with Crippen molar-refractivity contribution in [1.29, 1.82) is 0 Å². The minimum absolute atomic E-state index is 0.00255. The van der Waals surface area contributed by atoms with Gasteiger partial charge in [0.15, 0.2) is 0 Å². The van der Waals surface area contributed by atoms with Crippen LogP contribution in [0.1, 0.15) is 78.2 Å². The van der Waals surface area contributed by atoms with E-state index in [0.717, 1.165) is 13.2 Å². The number of carbonyl (C=O) groups is 8. The number of Topliss-reactive ketones (excluding diaryl/α,β-unsaturated/α-hetero) is 3. The fourth-order valence-corrected chi connectivity index (χ4v) is 10.7. The molecular formula is C55H67FN8O16. The molecule has 2 aromatic carbocycles. The summed E-state index contributed by atoms with van der Waals surface area (Å²) < 4.78 is 44.3. The maximum Gasteiger partial charge on any atom is 0.414 e. The molecule has 10 atom stereocenters. The monoisotopic (exact) mass is 1110 g/mol. The van der Waals surface area contributed by atoms with Crippen molar-refractivity contribution in [2.24, 2.45) is 29.2 Å². The fraction of sp³-hybridized carbons (Fsp3) is 0.491. The second kappa shape index (κ2) is 23.2. The zero-order valence-electron chi connectivity index (χ0n) is 45.5. The molecule has 6 aliphatic heterocycles. The van der Waals surface area contributed by atoms with E-state index in [1.54, 1.807) is 29.7 Å². The predicted molar refractivity (Wildman–Crippen MR) is 282 cm³/mol. The first-order valence-electron chi connectivity index (χ1n) is 26.1. The number of halogens is 1. The summed E-state index contributed by atoms with van der Waals surface area (Å²) >= 11 is 0. The number of ketones is 3. The van der Waals surface area contributed by atoms with Crippen LogP contribution in [-0.4, -0.2) is 180 Å². The number of ether oxygens (including phenoxy) is 5. The molecular weight excluding hydrogens is 1050 g/mol. The van der Waals surface area contributed by atoms with E-state index in [4.69, 9.17) is 35.2 Å². The number of nitrogens with zero attached hydrogens (tertiary/aromatic N) is 4. The molecule has 1 aliphatic carbocycles. The van der Waals surface area contributed by atoms with Crippen LogP contribution in [0, 0.1) is 30.5 Å². The molecule has 0 spiro atoms. The number of esters is 1. The molecule has 9 N–H and O–H groups in total. The Bertz CT molecular complexity index is 3020. The molecule has 0 saturated carbocycles. The Labute approximate surface area is 460 Å². The third kappa shape index (κ3) is 11.1. The Morgan fingerprint density at radius 1 is 0.912 bits per heavy atom. The molecule has 3 fully saturated rings. The van der Waals surface area contributed by atoms with E-state index in [9.17, 15) is 48.9 Å². The number of benzene rings is 2. The molecule has 0 aromatic heterocycles. The second-order valence-electron chi connectivity index (χ2n) is 21.1. The summed E-state index contributed by atoms with van der Waals surface area (Å²) in [6.07, 6.45) is 0.0986. The molecule has 0 unspecified atom stereocenters. The van der Waals surface area contributed by atoms with Gasteiger partial charge in [0.05, 0.1) is 83.7 Å². The van der Waals surface area contributed by atoms with Crippen LogP contribution in [0.25, 0.3) is 0 Å². The summed E-state index contributed by atoms with van der Waals surface area (Å²) in [6, 6.07) is 1.59. The van der Waals surface area contributed by atoms with Gasteiger partial charge in [-0.25, -0.2) is 9.18 Å². The van der Waals surface area contributed by atoms with Gasteiger partial charge < -0.3 is 75.8 Å². The molecule has 2 aromatic rings. The number of hydrogen-bond donors (Lipinski definition) is 7. The number of aliphatic hydroxyl groups is 2. The number of piperazine rings is 1. The number of phenols is 1. The van der Waals surface area contributed by atoms with Crippen LogP contribution in [0.15, 0.2) is 65.7 Å². The lowest BCUT2D eigenvalue weighted by atomic mass is 9.81. The molecule has 4 amide bonds. The molecule has 6 heterocycles. The number of hydrogen-bond acceptors (Lipinski definition) is 20. The fourth-order valence-electron chi connectivity index (χ4n) is 10.7. The summed E-state index contributed by atoms with van der Waals surface area (Å²) in [4.78, 5) is 115. The number of rotatable bonds is 8. The van der Waals surface area contributed by atoms with Gasteiger partial charge >= 0.3 is 17.8 Å². The molecule has 430 valence electrons. The number of anilines is 2. The second-order valence-corrected chi connectivity index (χ2v) is 21.1. The summed E-state index contributed by atoms with van der Waals surface area (Å²) in [7, 11) is 1.33. The van der Waals surface area contributed by atoms with E-state index in [1.165, 1.54) is 81.0 Å². The van der Waals surface area contributed by atoms with Crippen molar-refractivity contribution in [3.05, 3.63) is 93.8 Å². The Balaban J connectivity index is 1.06. The van der Waals surface area contributed by atoms with Crippen LogP contribution in [0.2, 0.25) is 0 Å². The van der Waals surface area contributed by atoms with Crippen LogP contribution >= 0.6 is 0 Å². The van der Waals surface area contributed by atoms with E-state index in [2.05, 4.69) is 10.6 Å². The number of carbonyl (C=O) groups excluding carboxylic acids is 8. The maximum atomic E-state index is 15.7. The molecule has 5 bridgehead atoms. The lowest BCUT2D eigenvalue weighted by Crippen LogP contribution is -2.60. The quantitative estimate of drug-likeness (QED) is 0.183. The van der Waals surface area contributed by atoms with E-state index < -0.39 is 130 Å². The number of nitrogens with two attached hydrogens (primary N) is 2. The van der Waals surface area contributed by atoms with Crippen molar-refractivity contribution in [2.75, 3.05) is 69.3 Å². The minimum atomic E-state index is -2.23. The van der Waals surface area contributed by atoms with Crippen molar-refractivity contribution in [2.45, 2.75) is 96.9 Å². The molecule has 24 nitrogen and oxygen atoms in total. The van der Waals surface area contributed by atoms with Gasteiger partial charge in [-0.15, -0.1) is 0 Å². The number of nitrogens with one attached hydrogen (secondary N) is 2. The van der Waals surface area contributed by atoms with E-state index in [1.807, 2.05) is 0 Å². The number of amides is 4. The summed E-state index contributed by atoms with van der Waals surface area (Å²) in [6.45, 7) is 10.6. The summed E-state index contributed by atoms with van der Waals surface area (Å²) in [5.74, 6) is -11.2. The van der Waals surface area contributed by atoms with Gasteiger partial charge in [0, 0.05) is 90.1 Å². The van der Waals surface area contributed by atoms with Crippen molar-refractivity contribution < 1.29 is 81.8 Å². The lowest BCUT2D eigenvalue weighted by molar-refractivity contribution is -0.155. The number of aromatic hydroxyl groups is 1. The van der Waals surface area contributed by atoms with Gasteiger partial charge in [0.2, 0.25) is 23.4 Å². The van der Waals surface area contributed by atoms with Crippen LogP contribution in [-0.2, 0) is 38.1 Å². The SMILES string of the molecule is CO[C@H]1/C=C/O[C@@]2(C)Oc3c(C)c(O)c4c(c3C2=O)C(=O)C(N2CC(C(=O)N3CCN(c5ccc(N6C[C@H](CNC(C)=O)OC6=O)cc5F)CC3)C2)=C(NC(=O)/C(C)=C\C=C\[C@H](C)[C@H](O)[C@@H](N)[C@@H](O)[C@@H](N)[C@H](OC(C)=O)[C@@H]1C)C4=O. The first kappa shape index (κ1) is 58.4. The number of phenolic OH excluding ortho intramolecular Hbond substituents is 1. The highest BCUT2D eigenvalue weighted by atomic mass is 19.1. The van der Waals surface area contributed by atoms with Crippen molar-refractivity contribution in [1.82, 2.24) is 20.4 Å². The molecule has 25 heteroatoms. The minimum Gasteiger partial charge on any atom is -0.507 e. The Morgan fingerprint density at radius 2 is 1.60 bits per heavy atom. The highest BCUT2D eigenvalue weighted by Gasteiger charge is 2.54. The Kier molecular flexibility index (Phi) is 16.9. The van der Waals surface area contributed by atoms with Crippen molar-refractivity contribution in [3.8, 4) is 11.5 Å². The zero-order valence-corrected chi connectivity index (χ0v) is 45.5. The van der Waals surface area contributed by atoms with Gasteiger partial charge in [-0.1, -0.05) is 32.1 Å². The highest BCUT2D eigenvalue weighted by Crippen LogP contribution is 2.49. The van der Waals surface area contributed by atoms with E-state index in [0.29, 0.717) is 0 Å². The van der Waals surface area contributed by atoms with Crippen LogP contribution < -0.4 is 36.6 Å². The van der Waals surface area contributed by atoms with E-state index in [-0.39, 0.29) is 104 Å². The first-order valence-corrected chi connectivity index (χ1v) is 26.1. The third-order valence-electron chi connectivity index (χ3n) is 15.5. The smallest absolute Gasteiger partial charge is 0.414 e. The first-order chi connectivity index (χ1) is 37.8. The third-order valence-corrected chi connectivity index (χ3v) is 15.5. The van der Waals surface area contributed by atoms with Gasteiger partial charge in [-0.2, -0.15) is 0 Å². The molecule has 3 saturated heterocycles. The number of allylic oxidation sites excluding steroid dienone is 4. The molecule has 0 radical (unpaired) electrons. The number of aliphatic hydroxyl groups excluding tert-OH is 2. The van der Waals surface area contributed by atoms with Gasteiger partial charge in [0.25, 0.3) is 11.7 Å². The van der Waals surface area contributed by atoms with Gasteiger partial charge in [-0.05, 0) is 38.1 Å². The number of cyclic esters (lactones) is 1. The van der Waals surface area contributed by atoms with Crippen molar-refractivity contribution in [3.63, 3.8) is 0 Å². The zero-order chi connectivity index (χ0) is 58.4. The summed E-state index contributed by atoms with van der Waals surface area (Å²) in [5, 5.41) is 39.6. The van der Waals surface area contributed by atoms with Crippen LogP contribution in [0.3, 0.4) is 0 Å². The predicted octanol–water partition coefficient (Wildman–Crippen LogP) is 1.22. The molecule has 7 aliphatic rings. The Morgan fingerprint density at radius 3 is 2.24 bits per heavy atom. The number of likely N-dealkylation sites (tertiary alicyclic amines) is 1. The van der Waals surface area contributed by atoms with Crippen molar-refractivity contribution >= 4 is 58.5 Å². The van der Waals surface area contributed by atoms with E-state index >= 15 is 9.18 Å². The molecule has 80 heavy (non-hydrogen) atoms. The average molecular weight is 1120 g/mol. The largest absolute Gasteiger partial charge is 0.507 e. The standard InChI is InChI=1S/C55H67FN8O16/c1-25-10-9-11-26(2)52(73)60-42-43(63-22-31(23-63)53(74)62-17-15-61(16-18-62)35-13-12-32(20-34(35)56)64-24-33(79-54(64)75)21-59-29(5)65)47(70)37-38(46(42)69)45(68)28(4)49-39(37)51(72)55(7,80-49)77-19-14-36(76-8)27(3)50(78-30(6)66)41(58)48(71)40(57)44(25)67/h9-14,19-20,25,27,31,33,36,40-41,44,48,50,67-68,71H,15-18,21-24,57-58H2,1-8H3,(H,59,65)(H,60,73)/b10-9+,19-14+,26-11-/t25-,27+,33-,36-,40+,41+,44-,48+,50+,55-/m0/s1. The summed E-state index contributed by atoms with van der Waals surface area (Å²) in [5.41, 5.74) is 10.9. The van der Waals surface area contributed by atoms with Crippen LogP contribution in [0.5, 0.6) is 11.5 Å². The number of fused-ring (bicyclic) bond motifs is 14. The number of methoxy groups -OCH3 is 1. The van der Waals surface area contributed by atoms with Crippen LogP contribution in [0.4, 0.5) is 20.6 Å². The van der Waals surface area contributed by atoms with Gasteiger partial charge in [-0.3, -0.25) is 38.5 Å². The average Bonchev–Trinajstić information content (AvgIpc) is 4.13. The molecule has 9 rings (SSSR count). The maximum absolute atomic E-state index is 15.7. The topological polar surface area (TPSA) is 332 Å². The van der Waals surface area contributed by atoms with Gasteiger partial charge in [0.1, 0.15) is 40.9 Å². The highest BCUT2D eigenvalue weighted by molar-refractivity contribution is 6.32.